The Morgan fingerprint density at radius 2 is 2.00 bits per heavy atom. The van der Waals surface area contributed by atoms with E-state index in [9.17, 15) is 0 Å². The molecule has 4 rings (SSSR count). The van der Waals surface area contributed by atoms with Gasteiger partial charge in [0.15, 0.2) is 5.96 Å². The smallest absolute Gasteiger partial charge is 0.205 e. The van der Waals surface area contributed by atoms with E-state index in [4.69, 9.17) is 0 Å². The summed E-state index contributed by atoms with van der Waals surface area (Å²) in [5, 5.41) is 5.70. The average molecular weight is 396 g/mol. The second-order valence-electron chi connectivity index (χ2n) is 6.71. The van der Waals surface area contributed by atoms with E-state index in [1.54, 1.807) is 0 Å². The van der Waals surface area contributed by atoms with Gasteiger partial charge in [0.2, 0.25) is 5.13 Å². The van der Waals surface area contributed by atoms with Crippen LogP contribution >= 0.6 is 11.5 Å². The molecule has 0 amide bonds. The zero-order chi connectivity index (χ0) is 19.3. The molecule has 1 aliphatic heterocycles. The zero-order valence-corrected chi connectivity index (χ0v) is 17.1. The second-order valence-corrected chi connectivity index (χ2v) is 7.44. The summed E-state index contributed by atoms with van der Waals surface area (Å²) in [7, 11) is 1.84. The Kier molecular flexibility index (Phi) is 5.66. The van der Waals surface area contributed by atoms with Crippen molar-refractivity contribution in [3.8, 4) is 0 Å². The highest BCUT2D eigenvalue weighted by Gasteiger charge is 2.22. The molecule has 7 nitrogen and oxygen atoms in total. The highest BCUT2D eigenvalue weighted by Crippen LogP contribution is 2.19. The van der Waals surface area contributed by atoms with Crippen LogP contribution in [0.1, 0.15) is 18.3 Å². The number of pyridine rings is 1. The maximum absolute atomic E-state index is 4.61. The van der Waals surface area contributed by atoms with Gasteiger partial charge in [0.05, 0.1) is 5.52 Å². The van der Waals surface area contributed by atoms with Crippen LogP contribution in [0, 0.1) is 0 Å². The molecule has 1 fully saturated rings. The molecule has 1 N–H and O–H groups in total. The number of aryl methyl sites for hydroxylation is 1. The SMILES string of the molecule is CCc1nsc(N2CCN(C(=NC)NCc3cccc4cccnc34)CC2)n1. The zero-order valence-electron chi connectivity index (χ0n) is 16.3. The lowest BCUT2D eigenvalue weighted by Crippen LogP contribution is -2.52. The number of nitrogens with one attached hydrogen (secondary N) is 1. The predicted octanol–water partition coefficient (Wildman–Crippen LogP) is 2.55. The first-order valence-corrected chi connectivity index (χ1v) is 10.4. The minimum Gasteiger partial charge on any atom is -0.352 e. The Labute approximate surface area is 169 Å². The summed E-state index contributed by atoms with van der Waals surface area (Å²) in [6, 6.07) is 10.4. The van der Waals surface area contributed by atoms with Gasteiger partial charge >= 0.3 is 0 Å². The summed E-state index contributed by atoms with van der Waals surface area (Å²) in [5.41, 5.74) is 2.22. The lowest BCUT2D eigenvalue weighted by molar-refractivity contribution is 0.372. The van der Waals surface area contributed by atoms with Crippen LogP contribution in [0.3, 0.4) is 0 Å². The van der Waals surface area contributed by atoms with Crippen LogP contribution in [0.4, 0.5) is 5.13 Å². The maximum atomic E-state index is 4.61. The first-order valence-electron chi connectivity index (χ1n) is 9.64. The highest BCUT2D eigenvalue weighted by molar-refractivity contribution is 7.09. The van der Waals surface area contributed by atoms with Gasteiger partial charge in [-0.15, -0.1) is 0 Å². The first-order chi connectivity index (χ1) is 13.8. The number of para-hydroxylation sites is 1. The molecule has 0 unspecified atom stereocenters. The van der Waals surface area contributed by atoms with Crippen LogP contribution in [0.15, 0.2) is 41.5 Å². The van der Waals surface area contributed by atoms with Crippen molar-refractivity contribution in [2.75, 3.05) is 38.1 Å². The molecule has 146 valence electrons. The van der Waals surface area contributed by atoms with Gasteiger partial charge in [-0.05, 0) is 11.6 Å². The summed E-state index contributed by atoms with van der Waals surface area (Å²) >= 11 is 1.50. The molecular weight excluding hydrogens is 370 g/mol. The molecule has 1 aromatic carbocycles. The lowest BCUT2D eigenvalue weighted by atomic mass is 10.1. The van der Waals surface area contributed by atoms with E-state index in [1.165, 1.54) is 17.1 Å². The van der Waals surface area contributed by atoms with E-state index in [-0.39, 0.29) is 0 Å². The predicted molar refractivity (Wildman–Crippen MR) is 115 cm³/mol. The highest BCUT2D eigenvalue weighted by atomic mass is 32.1. The minimum atomic E-state index is 0.706. The molecular formula is C20H25N7S. The van der Waals surface area contributed by atoms with Crippen molar-refractivity contribution in [1.29, 1.82) is 0 Å². The van der Waals surface area contributed by atoms with Gasteiger partial charge in [0.25, 0.3) is 0 Å². The van der Waals surface area contributed by atoms with Gasteiger partial charge in [0, 0.05) is 69.3 Å². The van der Waals surface area contributed by atoms with Crippen molar-refractivity contribution in [2.24, 2.45) is 4.99 Å². The van der Waals surface area contributed by atoms with E-state index in [2.05, 4.69) is 65.6 Å². The van der Waals surface area contributed by atoms with Crippen molar-refractivity contribution < 1.29 is 0 Å². The average Bonchev–Trinajstić information content (AvgIpc) is 3.24. The number of hydrogen-bond acceptors (Lipinski definition) is 6. The third-order valence-corrected chi connectivity index (χ3v) is 5.80. The van der Waals surface area contributed by atoms with E-state index in [0.29, 0.717) is 6.54 Å². The molecule has 8 heteroatoms. The number of rotatable bonds is 4. The number of anilines is 1. The topological polar surface area (TPSA) is 69.5 Å². The summed E-state index contributed by atoms with van der Waals surface area (Å²) in [5.74, 6) is 1.86. The molecule has 1 aliphatic rings. The van der Waals surface area contributed by atoms with Crippen LogP contribution in [0.2, 0.25) is 0 Å². The first kappa shape index (κ1) is 18.6. The van der Waals surface area contributed by atoms with Gasteiger partial charge < -0.3 is 15.1 Å². The van der Waals surface area contributed by atoms with Crippen LogP contribution in [-0.2, 0) is 13.0 Å². The van der Waals surface area contributed by atoms with Crippen molar-refractivity contribution in [3.05, 3.63) is 47.9 Å². The lowest BCUT2D eigenvalue weighted by Gasteiger charge is -2.36. The fourth-order valence-electron chi connectivity index (χ4n) is 3.44. The van der Waals surface area contributed by atoms with Gasteiger partial charge in [-0.1, -0.05) is 31.2 Å². The van der Waals surface area contributed by atoms with Crippen molar-refractivity contribution in [3.63, 3.8) is 0 Å². The molecule has 0 spiro atoms. The van der Waals surface area contributed by atoms with E-state index in [1.807, 2.05) is 19.3 Å². The molecule has 28 heavy (non-hydrogen) atoms. The summed E-state index contributed by atoms with van der Waals surface area (Å²) in [6.07, 6.45) is 2.73. The van der Waals surface area contributed by atoms with Crippen LogP contribution < -0.4 is 10.2 Å². The molecule has 0 radical (unpaired) electrons. The Bertz CT molecular complexity index is 955. The van der Waals surface area contributed by atoms with Crippen LogP contribution in [-0.4, -0.2) is 58.4 Å². The Balaban J connectivity index is 1.37. The number of aromatic nitrogens is 3. The molecule has 0 saturated carbocycles. The number of aliphatic imine (C=N–C) groups is 1. The largest absolute Gasteiger partial charge is 0.352 e. The fraction of sp³-hybridized carbons (Fsp3) is 0.400. The molecule has 2 aromatic heterocycles. The molecule has 0 aliphatic carbocycles. The van der Waals surface area contributed by atoms with Crippen molar-refractivity contribution >= 4 is 33.5 Å². The van der Waals surface area contributed by atoms with Crippen LogP contribution in [0.25, 0.3) is 10.9 Å². The van der Waals surface area contributed by atoms with E-state index < -0.39 is 0 Å². The Morgan fingerprint density at radius 3 is 2.75 bits per heavy atom. The number of hydrogen-bond donors (Lipinski definition) is 1. The third-order valence-electron chi connectivity index (χ3n) is 4.99. The molecule has 0 atom stereocenters. The summed E-state index contributed by atoms with van der Waals surface area (Å²) < 4.78 is 4.40. The van der Waals surface area contributed by atoms with Gasteiger partial charge in [-0.3, -0.25) is 9.98 Å². The third kappa shape index (κ3) is 3.91. The number of guanidine groups is 1. The molecule has 0 bridgehead atoms. The van der Waals surface area contributed by atoms with Gasteiger partial charge in [-0.25, -0.2) is 4.98 Å². The molecule has 3 heterocycles. The van der Waals surface area contributed by atoms with E-state index >= 15 is 0 Å². The quantitative estimate of drug-likeness (QED) is 0.541. The number of fused-ring (bicyclic) bond motifs is 1. The van der Waals surface area contributed by atoms with Crippen LogP contribution in [0.5, 0.6) is 0 Å². The second kappa shape index (κ2) is 8.52. The number of nitrogens with zero attached hydrogens (tertiary/aromatic N) is 6. The normalized spacial score (nSPS) is 15.3. The van der Waals surface area contributed by atoms with E-state index in [0.717, 1.165) is 60.4 Å². The Morgan fingerprint density at radius 1 is 1.18 bits per heavy atom. The molecule has 1 saturated heterocycles. The van der Waals surface area contributed by atoms with Crippen molar-refractivity contribution in [1.82, 2.24) is 24.6 Å². The standard InChI is InChI=1S/C20H25N7S/c1-3-17-24-20(28-25-17)27-12-10-26(11-13-27)19(21-2)23-14-16-7-4-6-15-8-5-9-22-18(15)16/h4-9H,3,10-14H2,1-2H3,(H,21,23). The number of piperazine rings is 1. The molecule has 3 aromatic rings. The monoisotopic (exact) mass is 395 g/mol. The minimum absolute atomic E-state index is 0.706. The summed E-state index contributed by atoms with van der Waals surface area (Å²) in [6.45, 7) is 6.47. The van der Waals surface area contributed by atoms with Crippen molar-refractivity contribution in [2.45, 2.75) is 19.9 Å². The van der Waals surface area contributed by atoms with Gasteiger partial charge in [0.1, 0.15) is 5.82 Å². The fourth-order valence-corrected chi connectivity index (χ4v) is 4.24. The summed E-state index contributed by atoms with van der Waals surface area (Å²) in [4.78, 5) is 18.3. The number of benzene rings is 1. The Hall–Kier alpha value is -2.74. The maximum Gasteiger partial charge on any atom is 0.205 e. The van der Waals surface area contributed by atoms with Gasteiger partial charge in [-0.2, -0.15) is 4.37 Å².